The molecule has 1 unspecified atom stereocenters. The second kappa shape index (κ2) is 4.48. The number of hydrogen-bond donors (Lipinski definition) is 1. The van der Waals surface area contributed by atoms with Gasteiger partial charge in [0, 0.05) is 39.1 Å². The van der Waals surface area contributed by atoms with Gasteiger partial charge in [0.15, 0.2) is 0 Å². The Bertz CT molecular complexity index is 462. The van der Waals surface area contributed by atoms with Crippen LogP contribution < -0.4 is 10.2 Å². The highest BCUT2D eigenvalue weighted by Gasteiger charge is 2.35. The zero-order valence-electron chi connectivity index (χ0n) is 10.6. The van der Waals surface area contributed by atoms with Crippen molar-refractivity contribution in [3.63, 3.8) is 0 Å². The van der Waals surface area contributed by atoms with E-state index in [-0.39, 0.29) is 0 Å². The van der Waals surface area contributed by atoms with Crippen molar-refractivity contribution in [1.82, 2.24) is 9.88 Å². The Hall–Kier alpha value is -1.78. The van der Waals surface area contributed by atoms with Crippen LogP contribution >= 0.6 is 0 Å². The summed E-state index contributed by atoms with van der Waals surface area (Å²) >= 11 is 0. The van der Waals surface area contributed by atoms with Crippen LogP contribution in [0.5, 0.6) is 0 Å². The molecule has 2 fully saturated rings. The van der Waals surface area contributed by atoms with Crippen LogP contribution in [-0.4, -0.2) is 48.5 Å². The van der Waals surface area contributed by atoms with E-state index in [0.29, 0.717) is 18.4 Å². The quantitative estimate of drug-likeness (QED) is 0.843. The first-order valence-corrected chi connectivity index (χ1v) is 6.45. The molecular weight excluding hydrogens is 228 g/mol. The lowest BCUT2D eigenvalue weighted by molar-refractivity contribution is -0.129. The van der Waals surface area contributed by atoms with Gasteiger partial charge in [0.1, 0.15) is 0 Å². The lowest BCUT2D eigenvalue weighted by Gasteiger charge is -2.38. The maximum atomic E-state index is 11.6. The summed E-state index contributed by atoms with van der Waals surface area (Å²) in [5.41, 5.74) is 2.17. The maximum absolute atomic E-state index is 11.6. The largest absolute Gasteiger partial charge is 0.387 e. The Balaban J connectivity index is 1.76. The van der Waals surface area contributed by atoms with Gasteiger partial charge in [-0.15, -0.1) is 0 Å². The third-order valence-electron chi connectivity index (χ3n) is 3.87. The summed E-state index contributed by atoms with van der Waals surface area (Å²) in [5.74, 6) is 0.321. The number of nitrogens with zero attached hydrogens (tertiary/aromatic N) is 3. The van der Waals surface area contributed by atoms with E-state index in [0.717, 1.165) is 37.4 Å². The molecule has 0 saturated carbocycles. The Morgan fingerprint density at radius 3 is 3.11 bits per heavy atom. The van der Waals surface area contributed by atoms with Crippen molar-refractivity contribution >= 4 is 17.3 Å². The Morgan fingerprint density at radius 1 is 1.39 bits per heavy atom. The van der Waals surface area contributed by atoms with E-state index in [1.165, 1.54) is 0 Å². The van der Waals surface area contributed by atoms with Crippen molar-refractivity contribution < 1.29 is 4.79 Å². The zero-order valence-corrected chi connectivity index (χ0v) is 10.6. The molecule has 3 heterocycles. The molecular formula is C13H18N4O. The number of pyridine rings is 1. The van der Waals surface area contributed by atoms with Crippen molar-refractivity contribution in [3.8, 4) is 0 Å². The highest BCUT2D eigenvalue weighted by molar-refractivity contribution is 5.79. The molecule has 1 N–H and O–H groups in total. The highest BCUT2D eigenvalue weighted by Crippen LogP contribution is 2.26. The van der Waals surface area contributed by atoms with Gasteiger partial charge in [0.25, 0.3) is 0 Å². The first-order chi connectivity index (χ1) is 8.78. The van der Waals surface area contributed by atoms with Crippen LogP contribution in [0.2, 0.25) is 0 Å². The second-order valence-corrected chi connectivity index (χ2v) is 4.91. The predicted molar refractivity (Wildman–Crippen MR) is 70.7 cm³/mol. The monoisotopic (exact) mass is 246 g/mol. The first-order valence-electron chi connectivity index (χ1n) is 6.45. The van der Waals surface area contributed by atoms with Crippen molar-refractivity contribution in [2.24, 2.45) is 0 Å². The Kier molecular flexibility index (Phi) is 2.81. The summed E-state index contributed by atoms with van der Waals surface area (Å²) in [6.45, 7) is 2.67. The SMILES string of the molecule is CNc1cncc(N2CCN3C(=O)CCC3C2)c1. The molecule has 2 aliphatic rings. The number of carbonyl (C=O) groups is 1. The first kappa shape index (κ1) is 11.3. The van der Waals surface area contributed by atoms with Crippen molar-refractivity contribution in [2.45, 2.75) is 18.9 Å². The van der Waals surface area contributed by atoms with E-state index >= 15 is 0 Å². The van der Waals surface area contributed by atoms with Crippen molar-refractivity contribution in [2.75, 3.05) is 36.9 Å². The minimum atomic E-state index is 0.321. The van der Waals surface area contributed by atoms with Gasteiger partial charge < -0.3 is 15.1 Å². The third-order valence-corrected chi connectivity index (χ3v) is 3.87. The third kappa shape index (κ3) is 1.89. The van der Waals surface area contributed by atoms with Crippen LogP contribution in [0.3, 0.4) is 0 Å². The van der Waals surface area contributed by atoms with Crippen molar-refractivity contribution in [3.05, 3.63) is 18.5 Å². The summed E-state index contributed by atoms with van der Waals surface area (Å²) in [6, 6.07) is 2.50. The molecule has 2 saturated heterocycles. The molecule has 1 aromatic rings. The Morgan fingerprint density at radius 2 is 2.28 bits per heavy atom. The summed E-state index contributed by atoms with van der Waals surface area (Å²) in [6.07, 6.45) is 5.42. The summed E-state index contributed by atoms with van der Waals surface area (Å²) in [7, 11) is 1.90. The molecule has 0 aromatic carbocycles. The molecule has 0 spiro atoms. The van der Waals surface area contributed by atoms with E-state index in [1.54, 1.807) is 0 Å². The molecule has 5 nitrogen and oxygen atoms in total. The zero-order chi connectivity index (χ0) is 12.5. The fraction of sp³-hybridized carbons (Fsp3) is 0.538. The highest BCUT2D eigenvalue weighted by atomic mass is 16.2. The minimum Gasteiger partial charge on any atom is -0.387 e. The molecule has 1 atom stereocenters. The van der Waals surface area contributed by atoms with Crippen LogP contribution in [-0.2, 0) is 4.79 Å². The van der Waals surface area contributed by atoms with Gasteiger partial charge in [-0.1, -0.05) is 0 Å². The number of rotatable bonds is 2. The number of anilines is 2. The topological polar surface area (TPSA) is 48.5 Å². The summed E-state index contributed by atoms with van der Waals surface area (Å²) in [5, 5.41) is 3.11. The molecule has 1 amide bonds. The molecule has 0 aliphatic carbocycles. The number of amides is 1. The van der Waals surface area contributed by atoms with Gasteiger partial charge in [-0.05, 0) is 12.5 Å². The number of piperazine rings is 1. The van der Waals surface area contributed by atoms with Crippen LogP contribution in [0, 0.1) is 0 Å². The van der Waals surface area contributed by atoms with E-state index in [1.807, 2.05) is 24.3 Å². The molecule has 5 heteroatoms. The standard InChI is InChI=1S/C13H18N4O/c1-14-10-6-12(8-15-7-10)16-4-5-17-11(9-16)2-3-13(17)18/h6-8,11,14H,2-5,9H2,1H3. The number of hydrogen-bond acceptors (Lipinski definition) is 4. The van der Waals surface area contributed by atoms with Crippen LogP contribution in [0.1, 0.15) is 12.8 Å². The molecule has 0 radical (unpaired) electrons. The van der Waals surface area contributed by atoms with E-state index in [2.05, 4.69) is 21.3 Å². The Labute approximate surface area is 107 Å². The van der Waals surface area contributed by atoms with Gasteiger partial charge in [-0.2, -0.15) is 0 Å². The minimum absolute atomic E-state index is 0.321. The van der Waals surface area contributed by atoms with Gasteiger partial charge in [0.05, 0.1) is 23.8 Å². The number of carbonyl (C=O) groups excluding carboxylic acids is 1. The predicted octanol–water partition coefficient (Wildman–Crippen LogP) is 0.934. The van der Waals surface area contributed by atoms with Gasteiger partial charge in [-0.3, -0.25) is 9.78 Å². The molecule has 1 aromatic heterocycles. The fourth-order valence-corrected chi connectivity index (χ4v) is 2.84. The van der Waals surface area contributed by atoms with Gasteiger partial charge >= 0.3 is 0 Å². The van der Waals surface area contributed by atoms with Crippen LogP contribution in [0.4, 0.5) is 11.4 Å². The second-order valence-electron chi connectivity index (χ2n) is 4.91. The average Bonchev–Trinajstić information content (AvgIpc) is 2.80. The van der Waals surface area contributed by atoms with Gasteiger partial charge in [0.2, 0.25) is 5.91 Å². The molecule has 3 rings (SSSR count). The van der Waals surface area contributed by atoms with Crippen LogP contribution in [0.15, 0.2) is 18.5 Å². The smallest absolute Gasteiger partial charge is 0.223 e. The maximum Gasteiger partial charge on any atom is 0.223 e. The average molecular weight is 246 g/mol. The van der Waals surface area contributed by atoms with E-state index in [9.17, 15) is 4.79 Å². The lowest BCUT2D eigenvalue weighted by Crippen LogP contribution is -2.51. The number of nitrogens with one attached hydrogen (secondary N) is 1. The lowest BCUT2D eigenvalue weighted by atomic mass is 10.1. The number of fused-ring (bicyclic) bond motifs is 1. The molecule has 2 aliphatic heterocycles. The van der Waals surface area contributed by atoms with E-state index < -0.39 is 0 Å². The van der Waals surface area contributed by atoms with Crippen LogP contribution in [0.25, 0.3) is 0 Å². The molecule has 96 valence electrons. The number of aromatic nitrogens is 1. The summed E-state index contributed by atoms with van der Waals surface area (Å²) in [4.78, 5) is 20.2. The normalized spacial score (nSPS) is 23.2. The van der Waals surface area contributed by atoms with Gasteiger partial charge in [-0.25, -0.2) is 0 Å². The van der Waals surface area contributed by atoms with E-state index in [4.69, 9.17) is 0 Å². The molecule has 0 bridgehead atoms. The summed E-state index contributed by atoms with van der Waals surface area (Å²) < 4.78 is 0. The van der Waals surface area contributed by atoms with Crippen molar-refractivity contribution in [1.29, 1.82) is 0 Å². The molecule has 18 heavy (non-hydrogen) atoms. The fourth-order valence-electron chi connectivity index (χ4n) is 2.84.